The molecule has 0 unspecified atom stereocenters. The number of benzene rings is 2. The maximum atomic E-state index is 12.9. The fourth-order valence-corrected chi connectivity index (χ4v) is 4.87. The van der Waals surface area contributed by atoms with E-state index < -0.39 is 6.10 Å². The zero-order chi connectivity index (χ0) is 22.7. The van der Waals surface area contributed by atoms with Crippen LogP contribution >= 0.6 is 27.5 Å². The fraction of sp³-hybridized carbons (Fsp3) is 0.360. The van der Waals surface area contributed by atoms with Gasteiger partial charge >= 0.3 is 0 Å². The number of aliphatic hydroxyl groups excluding tert-OH is 1. The summed E-state index contributed by atoms with van der Waals surface area (Å²) >= 11 is 10.0. The number of hydrogen-bond acceptors (Lipinski definition) is 3. The molecule has 1 fully saturated rings. The number of carbonyl (C=O) groups excluding carboxylic acids is 1. The summed E-state index contributed by atoms with van der Waals surface area (Å²) < 4.78 is 3.08. The van der Waals surface area contributed by atoms with Crippen LogP contribution in [0, 0.1) is 0 Å². The minimum atomic E-state index is -0.475. The third-order valence-corrected chi connectivity index (χ3v) is 6.85. The molecule has 168 valence electrons. The lowest BCUT2D eigenvalue weighted by molar-refractivity contribution is -0.122. The van der Waals surface area contributed by atoms with Gasteiger partial charge in [-0.2, -0.15) is 0 Å². The van der Waals surface area contributed by atoms with Crippen molar-refractivity contribution >= 4 is 33.4 Å². The molecular formula is C25H27BrClN3O2. The number of aromatic nitrogens is 2. The lowest BCUT2D eigenvalue weighted by atomic mass is 9.92. The van der Waals surface area contributed by atoms with Crippen LogP contribution in [0.2, 0.25) is 5.02 Å². The van der Waals surface area contributed by atoms with Gasteiger partial charge in [-0.25, -0.2) is 4.98 Å². The average Bonchev–Trinajstić information content (AvgIpc) is 3.14. The molecular weight excluding hydrogens is 490 g/mol. The molecule has 2 aromatic carbocycles. The number of amides is 1. The summed E-state index contributed by atoms with van der Waals surface area (Å²) in [5.74, 6) is 0.604. The molecule has 0 aliphatic heterocycles. The Hall–Kier alpha value is -2.15. The number of nitrogens with one attached hydrogen (secondary N) is 1. The maximum Gasteiger partial charge on any atom is 0.226 e. The Balaban J connectivity index is 1.73. The van der Waals surface area contributed by atoms with Gasteiger partial charge in [0.25, 0.3) is 0 Å². The van der Waals surface area contributed by atoms with Crippen LogP contribution < -0.4 is 5.32 Å². The Morgan fingerprint density at radius 3 is 2.59 bits per heavy atom. The Kier molecular flexibility index (Phi) is 7.33. The summed E-state index contributed by atoms with van der Waals surface area (Å²) in [4.78, 5) is 17.8. The maximum absolute atomic E-state index is 12.9. The summed E-state index contributed by atoms with van der Waals surface area (Å²) in [5, 5.41) is 13.9. The molecule has 1 aliphatic carbocycles. The summed E-state index contributed by atoms with van der Waals surface area (Å²) in [5.41, 5.74) is 3.48. The van der Waals surface area contributed by atoms with Gasteiger partial charge in [0.2, 0.25) is 5.91 Å². The molecule has 1 saturated carbocycles. The first-order valence-electron chi connectivity index (χ1n) is 11.1. The topological polar surface area (TPSA) is 67.2 Å². The average molecular weight is 517 g/mol. The van der Waals surface area contributed by atoms with E-state index in [0.29, 0.717) is 11.4 Å². The molecule has 1 aliphatic rings. The number of halogens is 2. The molecule has 32 heavy (non-hydrogen) atoms. The summed E-state index contributed by atoms with van der Waals surface area (Å²) in [6.07, 6.45) is 3.97. The number of hydrogen-bond donors (Lipinski definition) is 2. The zero-order valence-corrected chi connectivity index (χ0v) is 20.4. The number of carbonyl (C=O) groups is 1. The molecule has 2 N–H and O–H groups in total. The van der Waals surface area contributed by atoms with Crippen LogP contribution in [0.15, 0.2) is 53.0 Å². The van der Waals surface area contributed by atoms with E-state index in [4.69, 9.17) is 16.6 Å². The van der Waals surface area contributed by atoms with Crippen molar-refractivity contribution in [3.8, 4) is 17.1 Å². The molecule has 0 radical (unpaired) electrons. The Morgan fingerprint density at radius 1 is 1.19 bits per heavy atom. The predicted molar refractivity (Wildman–Crippen MR) is 131 cm³/mol. The van der Waals surface area contributed by atoms with Crippen LogP contribution in [0.3, 0.4) is 0 Å². The minimum Gasteiger partial charge on any atom is -0.391 e. The highest BCUT2D eigenvalue weighted by atomic mass is 79.9. The van der Waals surface area contributed by atoms with E-state index in [0.717, 1.165) is 58.6 Å². The zero-order valence-electron chi connectivity index (χ0n) is 18.0. The van der Waals surface area contributed by atoms with Crippen LogP contribution in [-0.2, 0) is 17.6 Å². The highest BCUT2D eigenvalue weighted by molar-refractivity contribution is 9.10. The smallest absolute Gasteiger partial charge is 0.226 e. The van der Waals surface area contributed by atoms with Crippen LogP contribution in [0.1, 0.15) is 44.0 Å². The number of imidazole rings is 1. The van der Waals surface area contributed by atoms with Gasteiger partial charge in [-0.05, 0) is 55.7 Å². The molecule has 1 amide bonds. The third-order valence-electron chi connectivity index (χ3n) is 5.99. The van der Waals surface area contributed by atoms with Gasteiger partial charge in [0.1, 0.15) is 5.82 Å². The first-order valence-corrected chi connectivity index (χ1v) is 12.2. The highest BCUT2D eigenvalue weighted by Crippen LogP contribution is 2.32. The summed E-state index contributed by atoms with van der Waals surface area (Å²) in [7, 11) is 0. The van der Waals surface area contributed by atoms with Crippen molar-refractivity contribution < 1.29 is 9.90 Å². The number of aliphatic hydroxyl groups is 1. The number of rotatable bonds is 6. The van der Waals surface area contributed by atoms with Crippen LogP contribution in [-0.4, -0.2) is 32.7 Å². The molecule has 1 aromatic heterocycles. The van der Waals surface area contributed by atoms with Crippen molar-refractivity contribution in [2.24, 2.45) is 0 Å². The van der Waals surface area contributed by atoms with Crippen molar-refractivity contribution in [1.82, 2.24) is 14.9 Å². The molecule has 0 saturated heterocycles. The lowest BCUT2D eigenvalue weighted by Gasteiger charge is -2.28. The molecule has 5 nitrogen and oxygen atoms in total. The molecule has 3 aromatic rings. The summed E-state index contributed by atoms with van der Waals surface area (Å²) in [6.45, 7) is 2.06. The van der Waals surface area contributed by atoms with E-state index in [1.807, 2.05) is 48.5 Å². The van der Waals surface area contributed by atoms with E-state index in [2.05, 4.69) is 32.7 Å². The third kappa shape index (κ3) is 4.92. The second-order valence-corrected chi connectivity index (χ2v) is 9.50. The lowest BCUT2D eigenvalue weighted by Crippen LogP contribution is -2.45. The van der Waals surface area contributed by atoms with E-state index >= 15 is 0 Å². The molecule has 0 spiro atoms. The minimum absolute atomic E-state index is 0.114. The molecule has 4 rings (SSSR count). The normalized spacial score (nSPS) is 18.5. The Bertz CT molecular complexity index is 1100. The summed E-state index contributed by atoms with van der Waals surface area (Å²) in [6, 6.07) is 15.5. The molecule has 7 heteroatoms. The van der Waals surface area contributed by atoms with Crippen molar-refractivity contribution in [3.63, 3.8) is 0 Å². The second kappa shape index (κ2) is 10.2. The van der Waals surface area contributed by atoms with Crippen LogP contribution in [0.4, 0.5) is 0 Å². The van der Waals surface area contributed by atoms with Crippen molar-refractivity contribution in [3.05, 3.63) is 69.4 Å². The van der Waals surface area contributed by atoms with Gasteiger partial charge in [0.05, 0.1) is 29.3 Å². The standard InChI is InChI=1S/C25H27BrClN3O2/c1-2-22-21(15-24(32)28-20-9-5-6-10-23(20)31)29-25(18-7-3-4-8-19(18)27)30(22)17-13-11-16(26)12-14-17/h3-4,7-8,11-14,20,23,31H,2,5-6,9-10,15H2,1H3,(H,28,32)/t20-,23+/m1/s1. The first-order chi connectivity index (χ1) is 15.5. The van der Waals surface area contributed by atoms with E-state index in [-0.39, 0.29) is 18.4 Å². The molecule has 2 atom stereocenters. The Morgan fingerprint density at radius 2 is 1.91 bits per heavy atom. The van der Waals surface area contributed by atoms with Crippen molar-refractivity contribution in [1.29, 1.82) is 0 Å². The van der Waals surface area contributed by atoms with Gasteiger partial charge in [0.15, 0.2) is 0 Å². The van der Waals surface area contributed by atoms with Gasteiger partial charge < -0.3 is 10.4 Å². The number of nitrogens with zero attached hydrogens (tertiary/aromatic N) is 2. The first kappa shape index (κ1) is 23.0. The van der Waals surface area contributed by atoms with E-state index in [9.17, 15) is 9.90 Å². The molecule has 0 bridgehead atoms. The monoisotopic (exact) mass is 515 g/mol. The fourth-order valence-electron chi connectivity index (χ4n) is 4.38. The highest BCUT2D eigenvalue weighted by Gasteiger charge is 2.26. The van der Waals surface area contributed by atoms with E-state index in [1.54, 1.807) is 0 Å². The van der Waals surface area contributed by atoms with Gasteiger partial charge in [0, 0.05) is 21.4 Å². The predicted octanol–water partition coefficient (Wildman–Crippen LogP) is 5.48. The van der Waals surface area contributed by atoms with Gasteiger partial charge in [-0.15, -0.1) is 0 Å². The quantitative estimate of drug-likeness (QED) is 0.456. The van der Waals surface area contributed by atoms with Gasteiger partial charge in [-0.3, -0.25) is 9.36 Å². The second-order valence-electron chi connectivity index (χ2n) is 8.18. The van der Waals surface area contributed by atoms with Crippen LogP contribution in [0.25, 0.3) is 17.1 Å². The van der Waals surface area contributed by atoms with Crippen molar-refractivity contribution in [2.45, 2.75) is 57.6 Å². The van der Waals surface area contributed by atoms with Crippen molar-refractivity contribution in [2.75, 3.05) is 0 Å². The Labute approximate surface area is 202 Å². The van der Waals surface area contributed by atoms with Gasteiger partial charge in [-0.1, -0.05) is 59.4 Å². The molecule has 1 heterocycles. The SMILES string of the molecule is CCc1c(CC(=O)N[C@@H]2CCCC[C@@H]2O)nc(-c2ccccc2Cl)n1-c1ccc(Br)cc1. The van der Waals surface area contributed by atoms with Crippen LogP contribution in [0.5, 0.6) is 0 Å². The van der Waals surface area contributed by atoms with E-state index in [1.165, 1.54) is 0 Å². The largest absolute Gasteiger partial charge is 0.391 e.